The monoisotopic (exact) mass is 283 g/mol. The van der Waals surface area contributed by atoms with Crippen LogP contribution >= 0.6 is 11.6 Å². The van der Waals surface area contributed by atoms with Gasteiger partial charge in [-0.05, 0) is 24.6 Å². The first-order valence-corrected chi connectivity index (χ1v) is 6.02. The molecule has 19 heavy (non-hydrogen) atoms. The number of nitrogens with one attached hydrogen (secondary N) is 2. The van der Waals surface area contributed by atoms with E-state index >= 15 is 0 Å². The molecule has 0 aliphatic rings. The first-order chi connectivity index (χ1) is 9.04. The third-order valence-corrected chi connectivity index (χ3v) is 2.34. The molecule has 0 saturated carbocycles. The minimum atomic E-state index is -0.869. The van der Waals surface area contributed by atoms with Crippen molar-refractivity contribution in [2.75, 3.05) is 6.54 Å². The third-order valence-electron chi connectivity index (χ3n) is 2.10. The van der Waals surface area contributed by atoms with Gasteiger partial charge in [0.2, 0.25) is 0 Å². The van der Waals surface area contributed by atoms with E-state index in [0.29, 0.717) is 17.1 Å². The van der Waals surface area contributed by atoms with E-state index in [9.17, 15) is 14.7 Å². The molecule has 1 aromatic rings. The van der Waals surface area contributed by atoms with E-state index in [-0.39, 0.29) is 5.75 Å². The molecular weight excluding hydrogens is 270 g/mol. The highest BCUT2D eigenvalue weighted by molar-refractivity contribution is 6.35. The van der Waals surface area contributed by atoms with Gasteiger partial charge in [-0.25, -0.2) is 5.43 Å². The number of benzene rings is 1. The van der Waals surface area contributed by atoms with Gasteiger partial charge in [-0.3, -0.25) is 9.59 Å². The number of hydrogen-bond acceptors (Lipinski definition) is 4. The Bertz CT molecular complexity index is 503. The molecule has 0 bridgehead atoms. The lowest BCUT2D eigenvalue weighted by Gasteiger charge is -2.01. The summed E-state index contributed by atoms with van der Waals surface area (Å²) in [5, 5.41) is 15.9. The summed E-state index contributed by atoms with van der Waals surface area (Å²) in [4.78, 5) is 22.5. The molecule has 2 amide bonds. The zero-order valence-corrected chi connectivity index (χ0v) is 11.1. The summed E-state index contributed by atoms with van der Waals surface area (Å²) in [5.74, 6) is -1.65. The van der Waals surface area contributed by atoms with Crippen molar-refractivity contribution in [3.8, 4) is 5.75 Å². The predicted octanol–water partition coefficient (Wildman–Crippen LogP) is 1.02. The highest BCUT2D eigenvalue weighted by atomic mass is 35.5. The summed E-state index contributed by atoms with van der Waals surface area (Å²) in [6, 6.07) is 4.40. The van der Waals surface area contributed by atoms with E-state index in [4.69, 9.17) is 11.6 Å². The molecule has 1 aromatic carbocycles. The molecule has 0 unspecified atom stereocenters. The number of amides is 2. The largest absolute Gasteiger partial charge is 0.507 e. The molecule has 0 radical (unpaired) electrons. The molecule has 6 nitrogen and oxygen atoms in total. The van der Waals surface area contributed by atoms with Crippen LogP contribution in [0.1, 0.15) is 18.9 Å². The summed E-state index contributed by atoms with van der Waals surface area (Å²) < 4.78 is 0. The van der Waals surface area contributed by atoms with E-state index in [1.165, 1.54) is 24.4 Å². The second-order valence-corrected chi connectivity index (χ2v) is 4.09. The van der Waals surface area contributed by atoms with Gasteiger partial charge >= 0.3 is 11.8 Å². The average molecular weight is 284 g/mol. The fraction of sp³-hybridized carbons (Fsp3) is 0.250. The van der Waals surface area contributed by atoms with E-state index < -0.39 is 11.8 Å². The van der Waals surface area contributed by atoms with Gasteiger partial charge in [0.15, 0.2) is 0 Å². The van der Waals surface area contributed by atoms with Crippen LogP contribution in [0.4, 0.5) is 0 Å². The predicted molar refractivity (Wildman–Crippen MR) is 72.2 cm³/mol. The molecule has 0 saturated heterocycles. The van der Waals surface area contributed by atoms with E-state index in [1.54, 1.807) is 0 Å². The lowest BCUT2D eigenvalue weighted by molar-refractivity contribution is -0.139. The Hall–Kier alpha value is -2.08. The number of hydrogen-bond donors (Lipinski definition) is 3. The average Bonchev–Trinajstić information content (AvgIpc) is 2.39. The minimum absolute atomic E-state index is 0.0298. The van der Waals surface area contributed by atoms with Crippen LogP contribution in [0, 0.1) is 0 Å². The van der Waals surface area contributed by atoms with Crippen LogP contribution in [-0.4, -0.2) is 29.7 Å². The Kier molecular flexibility index (Phi) is 5.81. The minimum Gasteiger partial charge on any atom is -0.507 e. The smallest absolute Gasteiger partial charge is 0.329 e. The summed E-state index contributed by atoms with van der Waals surface area (Å²) >= 11 is 5.74. The standard InChI is InChI=1S/C12H14ClN3O3/c1-2-5-14-11(18)12(19)16-15-7-8-6-9(13)3-4-10(8)17/h3-4,6-7,17H,2,5H2,1H3,(H,14,18)(H,16,19)/b15-7-. The first-order valence-electron chi connectivity index (χ1n) is 5.64. The molecule has 0 fully saturated rings. The van der Waals surface area contributed by atoms with Crippen LogP contribution in [0.15, 0.2) is 23.3 Å². The molecular formula is C12H14ClN3O3. The number of aromatic hydroxyl groups is 1. The van der Waals surface area contributed by atoms with Crippen molar-refractivity contribution in [1.29, 1.82) is 0 Å². The molecule has 3 N–H and O–H groups in total. The topological polar surface area (TPSA) is 90.8 Å². The van der Waals surface area contributed by atoms with Crippen molar-refractivity contribution in [2.24, 2.45) is 5.10 Å². The lowest BCUT2D eigenvalue weighted by Crippen LogP contribution is -2.38. The summed E-state index contributed by atoms with van der Waals surface area (Å²) in [6.45, 7) is 2.29. The van der Waals surface area contributed by atoms with E-state index in [0.717, 1.165) is 6.42 Å². The van der Waals surface area contributed by atoms with Crippen LogP contribution in [0.2, 0.25) is 5.02 Å². The number of phenolic OH excluding ortho intramolecular Hbond substituents is 1. The van der Waals surface area contributed by atoms with E-state index in [1.807, 2.05) is 6.92 Å². The maximum Gasteiger partial charge on any atom is 0.329 e. The summed E-state index contributed by atoms with van der Waals surface area (Å²) in [5.41, 5.74) is 2.39. The summed E-state index contributed by atoms with van der Waals surface area (Å²) in [6.07, 6.45) is 1.94. The number of carbonyl (C=O) groups is 2. The molecule has 102 valence electrons. The fourth-order valence-corrected chi connectivity index (χ4v) is 1.34. The molecule has 7 heteroatoms. The van der Waals surface area contributed by atoms with Gasteiger partial charge < -0.3 is 10.4 Å². The zero-order valence-electron chi connectivity index (χ0n) is 10.3. The van der Waals surface area contributed by atoms with Gasteiger partial charge in [-0.2, -0.15) is 5.10 Å². The fourth-order valence-electron chi connectivity index (χ4n) is 1.16. The van der Waals surface area contributed by atoms with Crippen molar-refractivity contribution < 1.29 is 14.7 Å². The van der Waals surface area contributed by atoms with Gasteiger partial charge in [0, 0.05) is 17.1 Å². The first kappa shape index (κ1) is 15.0. The molecule has 0 atom stereocenters. The number of phenols is 1. The maximum atomic E-state index is 11.3. The van der Waals surface area contributed by atoms with Crippen molar-refractivity contribution in [3.63, 3.8) is 0 Å². The normalized spacial score (nSPS) is 10.4. The Morgan fingerprint density at radius 2 is 2.16 bits per heavy atom. The lowest BCUT2D eigenvalue weighted by atomic mass is 10.2. The highest BCUT2D eigenvalue weighted by Crippen LogP contribution is 2.19. The number of rotatable bonds is 4. The number of nitrogens with zero attached hydrogens (tertiary/aromatic N) is 1. The van der Waals surface area contributed by atoms with Crippen molar-refractivity contribution in [1.82, 2.24) is 10.7 Å². The third kappa shape index (κ3) is 4.97. The molecule has 1 rings (SSSR count). The number of halogens is 1. The number of carbonyl (C=O) groups excluding carboxylic acids is 2. The quantitative estimate of drug-likeness (QED) is 0.438. The van der Waals surface area contributed by atoms with Crippen LogP contribution in [-0.2, 0) is 9.59 Å². The summed E-state index contributed by atoms with van der Waals surface area (Å²) in [7, 11) is 0. The van der Waals surface area contributed by atoms with Crippen molar-refractivity contribution in [3.05, 3.63) is 28.8 Å². The molecule has 0 aliphatic carbocycles. The zero-order chi connectivity index (χ0) is 14.3. The van der Waals surface area contributed by atoms with Gasteiger partial charge in [-0.15, -0.1) is 0 Å². The van der Waals surface area contributed by atoms with Crippen LogP contribution < -0.4 is 10.7 Å². The van der Waals surface area contributed by atoms with Crippen LogP contribution in [0.3, 0.4) is 0 Å². The van der Waals surface area contributed by atoms with Gasteiger partial charge in [-0.1, -0.05) is 18.5 Å². The second kappa shape index (κ2) is 7.38. The van der Waals surface area contributed by atoms with E-state index in [2.05, 4.69) is 15.8 Å². The van der Waals surface area contributed by atoms with Gasteiger partial charge in [0.05, 0.1) is 6.21 Å². The van der Waals surface area contributed by atoms with Gasteiger partial charge in [0.1, 0.15) is 5.75 Å². The van der Waals surface area contributed by atoms with Gasteiger partial charge in [0.25, 0.3) is 0 Å². The number of hydrazone groups is 1. The Morgan fingerprint density at radius 3 is 2.84 bits per heavy atom. The molecule has 0 spiro atoms. The Balaban J connectivity index is 2.56. The SMILES string of the molecule is CCCNC(=O)C(=O)N/N=C\c1cc(Cl)ccc1O. The van der Waals surface area contributed by atoms with Crippen LogP contribution in [0.25, 0.3) is 0 Å². The second-order valence-electron chi connectivity index (χ2n) is 3.66. The van der Waals surface area contributed by atoms with Crippen molar-refractivity contribution >= 4 is 29.6 Å². The Labute approximate surface area is 115 Å². The molecule has 0 aromatic heterocycles. The maximum absolute atomic E-state index is 11.3. The Morgan fingerprint density at radius 1 is 1.42 bits per heavy atom. The highest BCUT2D eigenvalue weighted by Gasteiger charge is 2.10. The van der Waals surface area contributed by atoms with Crippen LogP contribution in [0.5, 0.6) is 5.75 Å². The molecule has 0 heterocycles. The molecule has 0 aliphatic heterocycles. The van der Waals surface area contributed by atoms with Crippen molar-refractivity contribution in [2.45, 2.75) is 13.3 Å².